The molecular formula is C14H30N4O. The molecule has 112 valence electrons. The van der Waals surface area contributed by atoms with Crippen LogP contribution in [-0.2, 0) is 0 Å². The highest BCUT2D eigenvalue weighted by Crippen LogP contribution is 2.12. The minimum absolute atomic E-state index is 0.0729. The molecule has 1 saturated heterocycles. The molecule has 0 radical (unpaired) electrons. The molecule has 1 unspecified atom stereocenters. The molecule has 0 aromatic carbocycles. The lowest BCUT2D eigenvalue weighted by atomic mass is 10.1. The summed E-state index contributed by atoms with van der Waals surface area (Å²) in [6.07, 6.45) is 3.23. The molecule has 1 heterocycles. The number of hydrogen-bond donors (Lipinski definition) is 2. The first kappa shape index (κ1) is 16.2. The molecule has 0 bridgehead atoms. The van der Waals surface area contributed by atoms with Crippen LogP contribution in [-0.4, -0.2) is 60.6 Å². The highest BCUT2D eigenvalue weighted by Gasteiger charge is 2.22. The fraction of sp³-hybridized carbons (Fsp3) is 0.929. The van der Waals surface area contributed by atoms with Crippen molar-refractivity contribution in [2.75, 3.05) is 32.7 Å². The third-order valence-corrected chi connectivity index (χ3v) is 3.72. The highest BCUT2D eigenvalue weighted by molar-refractivity contribution is 5.74. The standard InChI is InChI=1S/C14H30N4O/c1-4-13(6-7-15)17-8-5-9-18(11-10-17)14(19)16-12(2)3/h12-13H,4-11,15H2,1-3H3,(H,16,19). The Morgan fingerprint density at radius 1 is 1.26 bits per heavy atom. The smallest absolute Gasteiger partial charge is 0.317 e. The summed E-state index contributed by atoms with van der Waals surface area (Å²) in [7, 11) is 0. The Balaban J connectivity index is 2.48. The van der Waals surface area contributed by atoms with Gasteiger partial charge in [0.25, 0.3) is 0 Å². The number of carbonyl (C=O) groups excluding carboxylic acids is 1. The van der Waals surface area contributed by atoms with Gasteiger partial charge in [-0.25, -0.2) is 4.79 Å². The van der Waals surface area contributed by atoms with E-state index in [1.165, 1.54) is 0 Å². The molecule has 19 heavy (non-hydrogen) atoms. The van der Waals surface area contributed by atoms with Crippen molar-refractivity contribution in [1.82, 2.24) is 15.1 Å². The van der Waals surface area contributed by atoms with Crippen molar-refractivity contribution in [3.63, 3.8) is 0 Å². The molecule has 1 atom stereocenters. The number of nitrogens with two attached hydrogens (primary N) is 1. The van der Waals surface area contributed by atoms with E-state index in [0.717, 1.165) is 52.0 Å². The predicted octanol–water partition coefficient (Wildman–Crippen LogP) is 1.24. The lowest BCUT2D eigenvalue weighted by molar-refractivity contribution is 0.179. The average molecular weight is 270 g/mol. The van der Waals surface area contributed by atoms with Crippen LogP contribution in [0.1, 0.15) is 40.0 Å². The van der Waals surface area contributed by atoms with Gasteiger partial charge >= 0.3 is 6.03 Å². The van der Waals surface area contributed by atoms with Crippen LogP contribution < -0.4 is 11.1 Å². The third kappa shape index (κ3) is 5.37. The quantitative estimate of drug-likeness (QED) is 0.790. The van der Waals surface area contributed by atoms with Crippen molar-refractivity contribution in [2.45, 2.75) is 52.1 Å². The van der Waals surface area contributed by atoms with Crippen LogP contribution in [0.25, 0.3) is 0 Å². The van der Waals surface area contributed by atoms with Crippen LogP contribution in [0.2, 0.25) is 0 Å². The van der Waals surface area contributed by atoms with Crippen molar-refractivity contribution in [1.29, 1.82) is 0 Å². The number of urea groups is 1. The zero-order chi connectivity index (χ0) is 14.3. The average Bonchev–Trinajstić information content (AvgIpc) is 2.60. The van der Waals surface area contributed by atoms with Crippen LogP contribution in [0, 0.1) is 0 Å². The van der Waals surface area contributed by atoms with E-state index in [1.807, 2.05) is 18.7 Å². The van der Waals surface area contributed by atoms with Gasteiger partial charge in [-0.1, -0.05) is 6.92 Å². The van der Waals surface area contributed by atoms with Crippen molar-refractivity contribution in [3.8, 4) is 0 Å². The van der Waals surface area contributed by atoms with E-state index in [2.05, 4.69) is 17.1 Å². The zero-order valence-electron chi connectivity index (χ0n) is 12.7. The summed E-state index contributed by atoms with van der Waals surface area (Å²) < 4.78 is 0. The second-order valence-corrected chi connectivity index (χ2v) is 5.62. The van der Waals surface area contributed by atoms with Crippen LogP contribution in [0.15, 0.2) is 0 Å². The third-order valence-electron chi connectivity index (χ3n) is 3.72. The molecule has 1 fully saturated rings. The van der Waals surface area contributed by atoms with Crippen LogP contribution in [0.3, 0.4) is 0 Å². The maximum atomic E-state index is 12.0. The number of rotatable bonds is 5. The van der Waals surface area contributed by atoms with Gasteiger partial charge in [-0.05, 0) is 39.7 Å². The Bertz CT molecular complexity index is 270. The number of nitrogens with zero attached hydrogens (tertiary/aromatic N) is 2. The number of hydrogen-bond acceptors (Lipinski definition) is 3. The first-order chi connectivity index (χ1) is 9.08. The molecule has 1 aliphatic heterocycles. The molecule has 0 spiro atoms. The van der Waals surface area contributed by atoms with E-state index in [4.69, 9.17) is 5.73 Å². The Labute approximate surface area is 117 Å². The summed E-state index contributed by atoms with van der Waals surface area (Å²) >= 11 is 0. The van der Waals surface area contributed by atoms with Gasteiger partial charge in [-0.15, -0.1) is 0 Å². The molecule has 5 nitrogen and oxygen atoms in total. The second-order valence-electron chi connectivity index (χ2n) is 5.62. The summed E-state index contributed by atoms with van der Waals surface area (Å²) in [5.41, 5.74) is 5.68. The summed E-state index contributed by atoms with van der Waals surface area (Å²) in [6.45, 7) is 10.7. The van der Waals surface area contributed by atoms with Crippen LogP contribution >= 0.6 is 0 Å². The molecule has 2 amide bonds. The fourth-order valence-corrected chi connectivity index (χ4v) is 2.68. The molecule has 0 aliphatic carbocycles. The van der Waals surface area contributed by atoms with E-state index in [-0.39, 0.29) is 12.1 Å². The van der Waals surface area contributed by atoms with Gasteiger partial charge in [-0.2, -0.15) is 0 Å². The van der Waals surface area contributed by atoms with Gasteiger partial charge in [0.05, 0.1) is 0 Å². The molecule has 1 rings (SSSR count). The van der Waals surface area contributed by atoms with Crippen molar-refractivity contribution >= 4 is 6.03 Å². The van der Waals surface area contributed by atoms with Gasteiger partial charge in [0, 0.05) is 38.3 Å². The summed E-state index contributed by atoms with van der Waals surface area (Å²) in [6, 6.07) is 0.842. The maximum absolute atomic E-state index is 12.0. The second kappa shape index (κ2) is 8.38. The summed E-state index contributed by atoms with van der Waals surface area (Å²) in [5.74, 6) is 0. The van der Waals surface area contributed by atoms with E-state index < -0.39 is 0 Å². The van der Waals surface area contributed by atoms with Gasteiger partial charge in [0.2, 0.25) is 0 Å². The monoisotopic (exact) mass is 270 g/mol. The summed E-state index contributed by atoms with van der Waals surface area (Å²) in [5, 5.41) is 2.97. The largest absolute Gasteiger partial charge is 0.336 e. The van der Waals surface area contributed by atoms with Crippen molar-refractivity contribution < 1.29 is 4.79 Å². The van der Waals surface area contributed by atoms with Crippen LogP contribution in [0.5, 0.6) is 0 Å². The van der Waals surface area contributed by atoms with Gasteiger partial charge in [-0.3, -0.25) is 4.90 Å². The fourth-order valence-electron chi connectivity index (χ4n) is 2.68. The van der Waals surface area contributed by atoms with E-state index in [0.29, 0.717) is 6.04 Å². The topological polar surface area (TPSA) is 61.6 Å². The minimum Gasteiger partial charge on any atom is -0.336 e. The van der Waals surface area contributed by atoms with Crippen molar-refractivity contribution in [2.24, 2.45) is 5.73 Å². The van der Waals surface area contributed by atoms with E-state index in [1.54, 1.807) is 0 Å². The normalized spacial score (nSPS) is 19.3. The number of amides is 2. The Morgan fingerprint density at radius 2 is 2.00 bits per heavy atom. The lowest BCUT2D eigenvalue weighted by Crippen LogP contribution is -2.45. The number of carbonyl (C=O) groups is 1. The zero-order valence-corrected chi connectivity index (χ0v) is 12.7. The lowest BCUT2D eigenvalue weighted by Gasteiger charge is -2.29. The molecular weight excluding hydrogens is 240 g/mol. The van der Waals surface area contributed by atoms with E-state index in [9.17, 15) is 4.79 Å². The summed E-state index contributed by atoms with van der Waals surface area (Å²) in [4.78, 5) is 16.4. The molecule has 1 aliphatic rings. The molecule has 0 aromatic heterocycles. The van der Waals surface area contributed by atoms with Crippen molar-refractivity contribution in [3.05, 3.63) is 0 Å². The predicted molar refractivity (Wildman–Crippen MR) is 79.2 cm³/mol. The highest BCUT2D eigenvalue weighted by atomic mass is 16.2. The Hall–Kier alpha value is -0.810. The van der Waals surface area contributed by atoms with E-state index >= 15 is 0 Å². The van der Waals surface area contributed by atoms with Crippen LogP contribution in [0.4, 0.5) is 4.79 Å². The first-order valence-electron chi connectivity index (χ1n) is 7.58. The Kier molecular flexibility index (Phi) is 7.16. The SMILES string of the molecule is CCC(CCN)N1CCCN(C(=O)NC(C)C)CC1. The van der Waals surface area contributed by atoms with Gasteiger partial charge < -0.3 is 16.0 Å². The number of nitrogens with one attached hydrogen (secondary N) is 1. The molecule has 0 aromatic rings. The molecule has 5 heteroatoms. The first-order valence-corrected chi connectivity index (χ1v) is 7.58. The Morgan fingerprint density at radius 3 is 2.58 bits per heavy atom. The van der Waals surface area contributed by atoms with Gasteiger partial charge in [0.1, 0.15) is 0 Å². The maximum Gasteiger partial charge on any atom is 0.317 e. The molecule has 0 saturated carbocycles. The van der Waals surface area contributed by atoms with Gasteiger partial charge in [0.15, 0.2) is 0 Å². The minimum atomic E-state index is 0.0729. The molecule has 3 N–H and O–H groups in total.